The SMILES string of the molecule is O=C(NCCCCN1CCN(c2ccccc2OCc2cccs2)CC1)c1ccccc1. The number of thiophene rings is 1. The van der Waals surface area contributed by atoms with Crippen LogP contribution in [0.4, 0.5) is 5.69 Å². The number of nitrogens with one attached hydrogen (secondary N) is 1. The fourth-order valence-corrected chi connectivity index (χ4v) is 4.57. The Morgan fingerprint density at radius 2 is 1.69 bits per heavy atom. The Kier molecular flexibility index (Phi) is 8.17. The molecule has 1 fully saturated rings. The Morgan fingerprint density at radius 3 is 2.47 bits per heavy atom. The second-order valence-corrected chi connectivity index (χ2v) is 9.03. The van der Waals surface area contributed by atoms with Crippen molar-refractivity contribution in [3.05, 3.63) is 82.6 Å². The first-order valence-corrected chi connectivity index (χ1v) is 12.2. The lowest BCUT2D eigenvalue weighted by Crippen LogP contribution is -2.46. The maximum Gasteiger partial charge on any atom is 0.251 e. The molecule has 2 heterocycles. The molecule has 168 valence electrons. The molecule has 1 saturated heterocycles. The van der Waals surface area contributed by atoms with Crippen molar-refractivity contribution in [3.63, 3.8) is 0 Å². The first kappa shape index (κ1) is 22.4. The standard InChI is InChI=1S/C26H31N3O2S/c30-26(22-9-2-1-3-10-22)27-14-6-7-15-28-16-18-29(19-17-28)24-12-4-5-13-25(24)31-21-23-11-8-20-32-23/h1-5,8-13,20H,6-7,14-19,21H2,(H,27,30). The van der Waals surface area contributed by atoms with Crippen LogP contribution in [0.3, 0.4) is 0 Å². The second-order valence-electron chi connectivity index (χ2n) is 7.99. The molecule has 4 rings (SSSR count). The Morgan fingerprint density at radius 1 is 0.906 bits per heavy atom. The largest absolute Gasteiger partial charge is 0.486 e. The third-order valence-electron chi connectivity index (χ3n) is 5.75. The number of carbonyl (C=O) groups excluding carboxylic acids is 1. The van der Waals surface area contributed by atoms with Gasteiger partial charge in [-0.25, -0.2) is 0 Å². The van der Waals surface area contributed by atoms with Crippen molar-refractivity contribution in [2.45, 2.75) is 19.4 Å². The summed E-state index contributed by atoms with van der Waals surface area (Å²) in [7, 11) is 0. The second kappa shape index (κ2) is 11.7. The Bertz CT molecular complexity index is 954. The molecule has 6 heteroatoms. The van der Waals surface area contributed by atoms with Crippen LogP contribution in [0.25, 0.3) is 0 Å². The monoisotopic (exact) mass is 449 g/mol. The van der Waals surface area contributed by atoms with Gasteiger partial charge in [-0.15, -0.1) is 11.3 Å². The van der Waals surface area contributed by atoms with Gasteiger partial charge in [0.15, 0.2) is 0 Å². The molecule has 2 aromatic carbocycles. The molecule has 0 aliphatic carbocycles. The van der Waals surface area contributed by atoms with Crippen LogP contribution in [0.15, 0.2) is 72.1 Å². The summed E-state index contributed by atoms with van der Waals surface area (Å²) in [6, 6.07) is 21.9. The topological polar surface area (TPSA) is 44.8 Å². The molecule has 0 saturated carbocycles. The predicted molar refractivity (Wildman–Crippen MR) is 132 cm³/mol. The van der Waals surface area contributed by atoms with E-state index in [2.05, 4.69) is 50.8 Å². The highest BCUT2D eigenvalue weighted by atomic mass is 32.1. The molecule has 0 unspecified atom stereocenters. The highest BCUT2D eigenvalue weighted by Gasteiger charge is 2.19. The van der Waals surface area contributed by atoms with Crippen molar-refractivity contribution < 1.29 is 9.53 Å². The van der Waals surface area contributed by atoms with Crippen LogP contribution < -0.4 is 15.0 Å². The minimum atomic E-state index is 0.0131. The number of ether oxygens (including phenoxy) is 1. The summed E-state index contributed by atoms with van der Waals surface area (Å²) in [4.78, 5) is 18.3. The number of nitrogens with zero attached hydrogens (tertiary/aromatic N) is 2. The van der Waals surface area contributed by atoms with Gasteiger partial charge in [-0.05, 0) is 55.1 Å². The molecule has 1 aliphatic rings. The van der Waals surface area contributed by atoms with Crippen LogP contribution in [-0.4, -0.2) is 50.1 Å². The fraction of sp³-hybridized carbons (Fsp3) is 0.346. The van der Waals surface area contributed by atoms with Gasteiger partial charge in [0.05, 0.1) is 5.69 Å². The summed E-state index contributed by atoms with van der Waals surface area (Å²) in [5.74, 6) is 0.975. The molecule has 0 spiro atoms. The minimum absolute atomic E-state index is 0.0131. The van der Waals surface area contributed by atoms with Crippen molar-refractivity contribution >= 4 is 22.9 Å². The number of rotatable bonds is 10. The molecule has 0 atom stereocenters. The van der Waals surface area contributed by atoms with Gasteiger partial charge in [0.25, 0.3) is 5.91 Å². The Labute approximate surface area is 194 Å². The smallest absolute Gasteiger partial charge is 0.251 e. The molecule has 0 bridgehead atoms. The number of anilines is 1. The van der Waals surface area contributed by atoms with E-state index in [0.717, 1.165) is 63.4 Å². The molecule has 1 N–H and O–H groups in total. The quantitative estimate of drug-likeness (QED) is 0.457. The average molecular weight is 450 g/mol. The number of hydrogen-bond donors (Lipinski definition) is 1. The zero-order chi connectivity index (χ0) is 22.0. The first-order valence-electron chi connectivity index (χ1n) is 11.3. The van der Waals surface area contributed by atoms with E-state index in [1.165, 1.54) is 10.6 Å². The van der Waals surface area contributed by atoms with Gasteiger partial charge in [-0.1, -0.05) is 36.4 Å². The zero-order valence-electron chi connectivity index (χ0n) is 18.4. The number of unbranched alkanes of at least 4 members (excludes halogenated alkanes) is 1. The number of benzene rings is 2. The van der Waals surface area contributed by atoms with Gasteiger partial charge in [0.2, 0.25) is 0 Å². The number of piperazine rings is 1. The normalized spacial score (nSPS) is 14.3. The van der Waals surface area contributed by atoms with Crippen molar-refractivity contribution in [2.24, 2.45) is 0 Å². The molecule has 3 aromatic rings. The molecule has 5 nitrogen and oxygen atoms in total. The van der Waals surface area contributed by atoms with Gasteiger partial charge in [-0.2, -0.15) is 0 Å². The minimum Gasteiger partial charge on any atom is -0.486 e. The number of carbonyl (C=O) groups is 1. The maximum atomic E-state index is 12.1. The number of amides is 1. The van der Waals surface area contributed by atoms with Crippen LogP contribution in [0.5, 0.6) is 5.75 Å². The predicted octanol–water partition coefficient (Wildman–Crippen LogP) is 4.66. The van der Waals surface area contributed by atoms with Crippen LogP contribution in [0.2, 0.25) is 0 Å². The van der Waals surface area contributed by atoms with Gasteiger partial charge >= 0.3 is 0 Å². The molecule has 0 radical (unpaired) electrons. The molecular weight excluding hydrogens is 418 g/mol. The van der Waals surface area contributed by atoms with E-state index in [9.17, 15) is 4.79 Å². The number of hydrogen-bond acceptors (Lipinski definition) is 5. The lowest BCUT2D eigenvalue weighted by Gasteiger charge is -2.36. The van der Waals surface area contributed by atoms with E-state index in [1.807, 2.05) is 36.4 Å². The van der Waals surface area contributed by atoms with Crippen molar-refractivity contribution in [1.82, 2.24) is 10.2 Å². The summed E-state index contributed by atoms with van der Waals surface area (Å²) in [5.41, 5.74) is 1.91. The summed E-state index contributed by atoms with van der Waals surface area (Å²) < 4.78 is 6.13. The third-order valence-corrected chi connectivity index (χ3v) is 6.60. The molecule has 1 aliphatic heterocycles. The third kappa shape index (κ3) is 6.34. The average Bonchev–Trinajstić information content (AvgIpc) is 3.37. The van der Waals surface area contributed by atoms with Crippen molar-refractivity contribution in [2.75, 3.05) is 44.2 Å². The van der Waals surface area contributed by atoms with Gasteiger partial charge in [0.1, 0.15) is 12.4 Å². The van der Waals surface area contributed by atoms with Gasteiger partial charge in [-0.3, -0.25) is 9.69 Å². The van der Waals surface area contributed by atoms with E-state index in [0.29, 0.717) is 6.61 Å². The van der Waals surface area contributed by atoms with E-state index in [1.54, 1.807) is 11.3 Å². The summed E-state index contributed by atoms with van der Waals surface area (Å²) in [6.45, 7) is 6.53. The van der Waals surface area contributed by atoms with Crippen LogP contribution in [0, 0.1) is 0 Å². The fourth-order valence-electron chi connectivity index (χ4n) is 3.95. The molecular formula is C26H31N3O2S. The summed E-state index contributed by atoms with van der Waals surface area (Å²) in [5, 5.41) is 5.10. The lowest BCUT2D eigenvalue weighted by molar-refractivity contribution is 0.0952. The summed E-state index contributed by atoms with van der Waals surface area (Å²) >= 11 is 1.73. The maximum absolute atomic E-state index is 12.1. The lowest BCUT2D eigenvalue weighted by atomic mass is 10.2. The first-order chi connectivity index (χ1) is 15.8. The van der Waals surface area contributed by atoms with Crippen LogP contribution in [0.1, 0.15) is 28.1 Å². The summed E-state index contributed by atoms with van der Waals surface area (Å²) in [6.07, 6.45) is 2.09. The van der Waals surface area contributed by atoms with Crippen LogP contribution >= 0.6 is 11.3 Å². The molecule has 32 heavy (non-hydrogen) atoms. The van der Waals surface area contributed by atoms with Crippen molar-refractivity contribution in [3.8, 4) is 5.75 Å². The highest BCUT2D eigenvalue weighted by Crippen LogP contribution is 2.30. The van der Waals surface area contributed by atoms with Gasteiger partial charge < -0.3 is 15.0 Å². The molecule has 1 amide bonds. The Hall–Kier alpha value is -2.83. The van der Waals surface area contributed by atoms with Crippen molar-refractivity contribution in [1.29, 1.82) is 0 Å². The van der Waals surface area contributed by atoms with Gasteiger partial charge in [0, 0.05) is 43.2 Å². The number of para-hydroxylation sites is 2. The van der Waals surface area contributed by atoms with E-state index < -0.39 is 0 Å². The highest BCUT2D eigenvalue weighted by molar-refractivity contribution is 7.09. The van der Waals surface area contributed by atoms with Crippen LogP contribution in [-0.2, 0) is 6.61 Å². The molecule has 1 aromatic heterocycles. The van der Waals surface area contributed by atoms with E-state index >= 15 is 0 Å². The van der Waals surface area contributed by atoms with E-state index in [-0.39, 0.29) is 5.91 Å². The zero-order valence-corrected chi connectivity index (χ0v) is 19.2. The Balaban J connectivity index is 1.16. The van der Waals surface area contributed by atoms with E-state index in [4.69, 9.17) is 4.74 Å².